The highest BCUT2D eigenvalue weighted by molar-refractivity contribution is 5.92. The number of para-hydroxylation sites is 1. The second-order valence-corrected chi connectivity index (χ2v) is 6.79. The third-order valence-electron chi connectivity index (χ3n) is 5.41. The first kappa shape index (κ1) is 15.2. The van der Waals surface area contributed by atoms with E-state index in [-0.39, 0.29) is 18.0 Å². The Morgan fingerprint density at radius 1 is 1.17 bits per heavy atom. The van der Waals surface area contributed by atoms with Gasteiger partial charge in [0.2, 0.25) is 5.91 Å². The molecule has 0 radical (unpaired) electrons. The number of benzene rings is 2. The third kappa shape index (κ3) is 2.29. The fourth-order valence-corrected chi connectivity index (χ4v) is 3.86. The van der Waals surface area contributed by atoms with Gasteiger partial charge in [-0.2, -0.15) is 0 Å². The Morgan fingerprint density at radius 3 is 2.58 bits per heavy atom. The number of fused-ring (bicyclic) bond motifs is 1. The van der Waals surface area contributed by atoms with Crippen LogP contribution in [0.2, 0.25) is 0 Å². The standard InChI is InChI=1S/C20H22N2O2/c1-24-17-9-5-4-8-15(17)20(10-11-20)19(23)22-16-12-13-6-2-3-7-14(13)18(16)21/h2-9,16,18H,10-12,21H2,1H3,(H,22,23)/t16-,18-/m1/s1. The van der Waals surface area contributed by atoms with E-state index in [1.54, 1.807) is 7.11 Å². The molecule has 124 valence electrons. The van der Waals surface area contributed by atoms with Crippen molar-refractivity contribution in [3.63, 3.8) is 0 Å². The smallest absolute Gasteiger partial charge is 0.231 e. The molecule has 0 unspecified atom stereocenters. The molecule has 0 aliphatic heterocycles. The summed E-state index contributed by atoms with van der Waals surface area (Å²) in [5.74, 6) is 0.851. The van der Waals surface area contributed by atoms with Crippen LogP contribution in [0.1, 0.15) is 35.6 Å². The van der Waals surface area contributed by atoms with Crippen molar-refractivity contribution in [1.82, 2.24) is 5.32 Å². The van der Waals surface area contributed by atoms with Crippen LogP contribution in [-0.2, 0) is 16.6 Å². The zero-order chi connectivity index (χ0) is 16.7. The van der Waals surface area contributed by atoms with Gasteiger partial charge in [-0.25, -0.2) is 0 Å². The van der Waals surface area contributed by atoms with E-state index in [0.717, 1.165) is 36.1 Å². The summed E-state index contributed by atoms with van der Waals surface area (Å²) < 4.78 is 5.46. The Morgan fingerprint density at radius 2 is 1.88 bits per heavy atom. The molecule has 2 atom stereocenters. The van der Waals surface area contributed by atoms with Crippen molar-refractivity contribution in [1.29, 1.82) is 0 Å². The molecular weight excluding hydrogens is 300 g/mol. The molecule has 1 amide bonds. The van der Waals surface area contributed by atoms with Gasteiger partial charge >= 0.3 is 0 Å². The lowest BCUT2D eigenvalue weighted by molar-refractivity contribution is -0.124. The highest BCUT2D eigenvalue weighted by Gasteiger charge is 2.53. The number of methoxy groups -OCH3 is 1. The first-order chi connectivity index (χ1) is 11.7. The van der Waals surface area contributed by atoms with Gasteiger partial charge < -0.3 is 15.8 Å². The fraction of sp³-hybridized carbons (Fsp3) is 0.350. The van der Waals surface area contributed by atoms with Crippen LogP contribution in [0.15, 0.2) is 48.5 Å². The van der Waals surface area contributed by atoms with Gasteiger partial charge in [-0.1, -0.05) is 42.5 Å². The van der Waals surface area contributed by atoms with Crippen LogP contribution in [0.25, 0.3) is 0 Å². The van der Waals surface area contributed by atoms with Crippen molar-refractivity contribution in [2.24, 2.45) is 5.73 Å². The number of ether oxygens (including phenoxy) is 1. The molecule has 4 nitrogen and oxygen atoms in total. The second-order valence-electron chi connectivity index (χ2n) is 6.79. The van der Waals surface area contributed by atoms with E-state index in [2.05, 4.69) is 17.4 Å². The Hall–Kier alpha value is -2.33. The van der Waals surface area contributed by atoms with Gasteiger partial charge in [0, 0.05) is 5.56 Å². The average Bonchev–Trinajstić information content (AvgIpc) is 3.37. The number of rotatable bonds is 4. The lowest BCUT2D eigenvalue weighted by atomic mass is 9.93. The quantitative estimate of drug-likeness (QED) is 0.909. The maximum Gasteiger partial charge on any atom is 0.231 e. The molecule has 0 spiro atoms. The summed E-state index contributed by atoms with van der Waals surface area (Å²) in [6, 6.07) is 15.8. The van der Waals surface area contributed by atoms with E-state index in [1.807, 2.05) is 36.4 Å². The summed E-state index contributed by atoms with van der Waals surface area (Å²) in [4.78, 5) is 13.0. The lowest BCUT2D eigenvalue weighted by Crippen LogP contribution is -2.45. The SMILES string of the molecule is COc1ccccc1C1(C(=O)N[C@@H]2Cc3ccccc3[C@H]2N)CC1. The Kier molecular flexibility index (Phi) is 3.57. The second kappa shape index (κ2) is 5.64. The highest BCUT2D eigenvalue weighted by atomic mass is 16.5. The summed E-state index contributed by atoms with van der Waals surface area (Å²) >= 11 is 0. The minimum atomic E-state index is -0.457. The molecule has 0 saturated heterocycles. The largest absolute Gasteiger partial charge is 0.496 e. The zero-order valence-electron chi connectivity index (χ0n) is 13.8. The summed E-state index contributed by atoms with van der Waals surface area (Å²) in [7, 11) is 1.65. The highest BCUT2D eigenvalue weighted by Crippen LogP contribution is 2.51. The third-order valence-corrected chi connectivity index (χ3v) is 5.41. The van der Waals surface area contributed by atoms with E-state index >= 15 is 0 Å². The molecule has 4 heteroatoms. The Labute approximate surface area is 142 Å². The van der Waals surface area contributed by atoms with E-state index in [0.29, 0.717) is 0 Å². The van der Waals surface area contributed by atoms with E-state index in [4.69, 9.17) is 10.5 Å². The van der Waals surface area contributed by atoms with E-state index < -0.39 is 5.41 Å². The van der Waals surface area contributed by atoms with E-state index in [1.165, 1.54) is 5.56 Å². The van der Waals surface area contributed by atoms with E-state index in [9.17, 15) is 4.79 Å². The molecule has 0 aromatic heterocycles. The maximum absolute atomic E-state index is 13.0. The van der Waals surface area contributed by atoms with Crippen LogP contribution in [0, 0.1) is 0 Å². The molecule has 2 aliphatic rings. The van der Waals surface area contributed by atoms with Crippen LogP contribution >= 0.6 is 0 Å². The maximum atomic E-state index is 13.0. The lowest BCUT2D eigenvalue weighted by Gasteiger charge is -2.23. The van der Waals surface area contributed by atoms with Gasteiger partial charge in [0.25, 0.3) is 0 Å². The van der Waals surface area contributed by atoms with Crippen LogP contribution < -0.4 is 15.8 Å². The molecule has 4 rings (SSSR count). The number of hydrogen-bond donors (Lipinski definition) is 2. The van der Waals surface area contributed by atoms with Crippen molar-refractivity contribution in [3.05, 3.63) is 65.2 Å². The van der Waals surface area contributed by atoms with Crippen molar-refractivity contribution in [3.8, 4) is 5.75 Å². The first-order valence-electron chi connectivity index (χ1n) is 8.43. The van der Waals surface area contributed by atoms with Gasteiger partial charge in [0.1, 0.15) is 5.75 Å². The number of carbonyl (C=O) groups is 1. The molecule has 1 fully saturated rings. The monoisotopic (exact) mass is 322 g/mol. The molecule has 2 aromatic carbocycles. The van der Waals surface area contributed by atoms with Crippen LogP contribution in [0.4, 0.5) is 0 Å². The minimum absolute atomic E-state index is 0.0397. The van der Waals surface area contributed by atoms with Crippen molar-refractivity contribution in [2.45, 2.75) is 36.8 Å². The van der Waals surface area contributed by atoms with Crippen LogP contribution in [0.3, 0.4) is 0 Å². The Bertz CT molecular complexity index is 783. The minimum Gasteiger partial charge on any atom is -0.496 e. The number of hydrogen-bond acceptors (Lipinski definition) is 3. The van der Waals surface area contributed by atoms with Crippen molar-refractivity contribution >= 4 is 5.91 Å². The predicted octanol–water partition coefficient (Wildman–Crippen LogP) is 2.47. The molecule has 0 heterocycles. The van der Waals surface area contributed by atoms with Crippen molar-refractivity contribution < 1.29 is 9.53 Å². The van der Waals surface area contributed by atoms with Crippen molar-refractivity contribution in [2.75, 3.05) is 7.11 Å². The van der Waals surface area contributed by atoms with Crippen LogP contribution in [-0.4, -0.2) is 19.1 Å². The summed E-state index contributed by atoms with van der Waals surface area (Å²) in [5.41, 5.74) is 9.26. The average molecular weight is 322 g/mol. The molecule has 0 bridgehead atoms. The van der Waals surface area contributed by atoms with Gasteiger partial charge in [-0.05, 0) is 36.5 Å². The first-order valence-corrected chi connectivity index (χ1v) is 8.43. The zero-order valence-corrected chi connectivity index (χ0v) is 13.8. The van der Waals surface area contributed by atoms with Gasteiger partial charge in [-0.15, -0.1) is 0 Å². The summed E-state index contributed by atoms with van der Waals surface area (Å²) in [5, 5.41) is 3.21. The molecular formula is C20H22N2O2. The molecule has 2 aliphatic carbocycles. The Balaban J connectivity index is 1.55. The fourth-order valence-electron chi connectivity index (χ4n) is 3.86. The molecule has 2 aromatic rings. The number of carbonyl (C=O) groups excluding carboxylic acids is 1. The number of amides is 1. The van der Waals surface area contributed by atoms with Crippen LogP contribution in [0.5, 0.6) is 5.75 Å². The van der Waals surface area contributed by atoms with Gasteiger partial charge in [0.15, 0.2) is 0 Å². The topological polar surface area (TPSA) is 64.3 Å². The number of nitrogens with one attached hydrogen (secondary N) is 1. The predicted molar refractivity (Wildman–Crippen MR) is 92.9 cm³/mol. The summed E-state index contributed by atoms with van der Waals surface area (Å²) in [6.07, 6.45) is 2.51. The summed E-state index contributed by atoms with van der Waals surface area (Å²) in [6.45, 7) is 0. The molecule has 1 saturated carbocycles. The van der Waals surface area contributed by atoms with Gasteiger partial charge in [0.05, 0.1) is 24.6 Å². The molecule has 3 N–H and O–H groups in total. The number of nitrogens with two attached hydrogens (primary N) is 1. The molecule has 24 heavy (non-hydrogen) atoms. The normalized spacial score (nSPS) is 23.4. The van der Waals surface area contributed by atoms with Gasteiger partial charge in [-0.3, -0.25) is 4.79 Å².